The number of hydrogen-bond acceptors (Lipinski definition) is 3. The van der Waals surface area contributed by atoms with Crippen LogP contribution < -0.4 is 10.2 Å². The predicted octanol–water partition coefficient (Wildman–Crippen LogP) is 3.70. The number of amides is 1. The summed E-state index contributed by atoms with van der Waals surface area (Å²) in [7, 11) is 1.54. The highest BCUT2D eigenvalue weighted by Gasteiger charge is 2.15. The monoisotopic (exact) mass is 382 g/mol. The highest BCUT2D eigenvalue weighted by atomic mass is 19.1. The number of carboxylic acids is 1. The second-order valence-electron chi connectivity index (χ2n) is 6.12. The van der Waals surface area contributed by atoms with Crippen LogP contribution >= 0.6 is 0 Å². The number of halogens is 1. The summed E-state index contributed by atoms with van der Waals surface area (Å²) < 4.78 is 19.9. The number of carbonyl (C=O) groups is 2. The van der Waals surface area contributed by atoms with Crippen LogP contribution in [0.4, 0.5) is 4.39 Å². The van der Waals surface area contributed by atoms with Crippen LogP contribution in [0.2, 0.25) is 0 Å². The van der Waals surface area contributed by atoms with Crippen molar-refractivity contribution in [3.05, 3.63) is 77.7 Å². The Balaban J connectivity index is 1.93. The minimum atomic E-state index is -0.933. The van der Waals surface area contributed by atoms with Crippen molar-refractivity contribution < 1.29 is 23.8 Å². The van der Waals surface area contributed by atoms with Crippen LogP contribution in [0.1, 0.15) is 22.5 Å². The van der Waals surface area contributed by atoms with Crippen molar-refractivity contribution in [3.63, 3.8) is 0 Å². The summed E-state index contributed by atoms with van der Waals surface area (Å²) in [5.41, 5.74) is 5.17. The van der Waals surface area contributed by atoms with Gasteiger partial charge in [0.1, 0.15) is 11.6 Å². The molecular formula is C21H19FN2O4. The Kier molecular flexibility index (Phi) is 5.74. The summed E-state index contributed by atoms with van der Waals surface area (Å²) in [4.78, 5) is 23.6. The van der Waals surface area contributed by atoms with Crippen molar-refractivity contribution >= 4 is 11.9 Å². The third-order valence-corrected chi connectivity index (χ3v) is 4.26. The molecule has 0 bridgehead atoms. The maximum Gasteiger partial charge on any atom is 0.303 e. The first kappa shape index (κ1) is 19.2. The lowest BCUT2D eigenvalue weighted by atomic mass is 10.1. The molecule has 0 atom stereocenters. The van der Waals surface area contributed by atoms with Crippen LogP contribution in [0, 0.1) is 5.82 Å². The third kappa shape index (κ3) is 4.37. The number of carbonyl (C=O) groups excluding carboxylic acids is 1. The van der Waals surface area contributed by atoms with Crippen LogP contribution in [-0.2, 0) is 11.2 Å². The molecular weight excluding hydrogens is 363 g/mol. The fourth-order valence-corrected chi connectivity index (χ4v) is 2.80. The Morgan fingerprint density at radius 3 is 2.32 bits per heavy atom. The first-order valence-electron chi connectivity index (χ1n) is 8.61. The molecule has 1 aromatic heterocycles. The fourth-order valence-electron chi connectivity index (χ4n) is 2.80. The van der Waals surface area contributed by atoms with E-state index in [1.165, 1.54) is 12.1 Å². The third-order valence-electron chi connectivity index (χ3n) is 4.26. The number of aryl methyl sites for hydroxylation is 1. The molecule has 7 heteroatoms. The van der Waals surface area contributed by atoms with Crippen molar-refractivity contribution in [2.75, 3.05) is 12.5 Å². The Morgan fingerprint density at radius 2 is 1.71 bits per heavy atom. The molecule has 0 fully saturated rings. The van der Waals surface area contributed by atoms with Crippen LogP contribution in [0.25, 0.3) is 11.3 Å². The van der Waals surface area contributed by atoms with Gasteiger partial charge in [-0.25, -0.2) is 4.39 Å². The predicted molar refractivity (Wildman–Crippen MR) is 102 cm³/mol. The number of nitrogens with one attached hydrogen (secondary N) is 1. The van der Waals surface area contributed by atoms with Gasteiger partial charge >= 0.3 is 5.97 Å². The SMILES string of the molecule is COc1ccc(C(=O)Nn2c(CCC(=O)O)ccc2-c2ccc(F)cc2)cc1. The van der Waals surface area contributed by atoms with E-state index in [9.17, 15) is 14.0 Å². The van der Waals surface area contributed by atoms with Crippen LogP contribution in [0.5, 0.6) is 5.75 Å². The Labute approximate surface area is 161 Å². The molecule has 0 aliphatic heterocycles. The molecule has 2 N–H and O–H groups in total. The topological polar surface area (TPSA) is 80.6 Å². The molecule has 0 unspecified atom stereocenters. The van der Waals surface area contributed by atoms with E-state index < -0.39 is 5.97 Å². The van der Waals surface area contributed by atoms with E-state index in [-0.39, 0.29) is 24.6 Å². The number of methoxy groups -OCH3 is 1. The molecule has 0 saturated carbocycles. The maximum absolute atomic E-state index is 13.3. The molecule has 144 valence electrons. The highest BCUT2D eigenvalue weighted by Crippen LogP contribution is 2.23. The average molecular weight is 382 g/mol. The molecule has 3 rings (SSSR count). The summed E-state index contributed by atoms with van der Waals surface area (Å²) in [5, 5.41) is 8.98. The number of nitrogens with zero attached hydrogens (tertiary/aromatic N) is 1. The lowest BCUT2D eigenvalue weighted by molar-refractivity contribution is -0.136. The summed E-state index contributed by atoms with van der Waals surface area (Å²) in [6.45, 7) is 0. The summed E-state index contributed by atoms with van der Waals surface area (Å²) in [5.74, 6) is -1.03. The number of rotatable bonds is 7. The van der Waals surface area contributed by atoms with Gasteiger partial charge in [0, 0.05) is 23.2 Å². The van der Waals surface area contributed by atoms with Crippen molar-refractivity contribution in [1.29, 1.82) is 0 Å². The smallest absolute Gasteiger partial charge is 0.303 e. The molecule has 1 heterocycles. The second-order valence-corrected chi connectivity index (χ2v) is 6.12. The van der Waals surface area contributed by atoms with E-state index in [0.717, 1.165) is 0 Å². The number of benzene rings is 2. The molecule has 1 amide bonds. The minimum Gasteiger partial charge on any atom is -0.497 e. The van der Waals surface area contributed by atoms with Crippen molar-refractivity contribution in [2.24, 2.45) is 0 Å². The second kappa shape index (κ2) is 8.39. The zero-order chi connectivity index (χ0) is 20.1. The highest BCUT2D eigenvalue weighted by molar-refractivity contribution is 6.00. The van der Waals surface area contributed by atoms with Gasteiger partial charge in [-0.05, 0) is 60.7 Å². The molecule has 0 radical (unpaired) electrons. The van der Waals surface area contributed by atoms with Crippen molar-refractivity contribution in [2.45, 2.75) is 12.8 Å². The normalized spacial score (nSPS) is 10.5. The first-order chi connectivity index (χ1) is 13.5. The molecule has 6 nitrogen and oxygen atoms in total. The zero-order valence-corrected chi connectivity index (χ0v) is 15.2. The summed E-state index contributed by atoms with van der Waals surface area (Å²) in [6.07, 6.45) is 0.157. The van der Waals surface area contributed by atoms with Gasteiger partial charge in [0.05, 0.1) is 19.2 Å². The van der Waals surface area contributed by atoms with E-state index in [1.807, 2.05) is 0 Å². The molecule has 3 aromatic rings. The molecule has 0 aliphatic carbocycles. The number of ether oxygens (including phenoxy) is 1. The van der Waals surface area contributed by atoms with Crippen molar-refractivity contribution in [1.82, 2.24) is 4.68 Å². The summed E-state index contributed by atoms with van der Waals surface area (Å²) in [6, 6.07) is 16.0. The maximum atomic E-state index is 13.3. The van der Waals surface area contributed by atoms with Gasteiger partial charge in [0.15, 0.2) is 0 Å². The minimum absolute atomic E-state index is 0.0781. The largest absolute Gasteiger partial charge is 0.497 e. The Bertz CT molecular complexity index is 979. The molecule has 2 aromatic carbocycles. The van der Waals surface area contributed by atoms with Gasteiger partial charge in [0.2, 0.25) is 0 Å². The van der Waals surface area contributed by atoms with Gasteiger partial charge in [-0.15, -0.1) is 0 Å². The van der Waals surface area contributed by atoms with E-state index in [1.54, 1.807) is 60.3 Å². The van der Waals surface area contributed by atoms with Crippen molar-refractivity contribution in [3.8, 4) is 17.0 Å². The molecule has 0 saturated heterocycles. The molecule has 0 spiro atoms. The first-order valence-corrected chi connectivity index (χ1v) is 8.61. The Hall–Kier alpha value is -3.61. The Morgan fingerprint density at radius 1 is 1.04 bits per heavy atom. The lowest BCUT2D eigenvalue weighted by Gasteiger charge is -2.15. The average Bonchev–Trinajstić information content (AvgIpc) is 3.09. The quantitative estimate of drug-likeness (QED) is 0.653. The van der Waals surface area contributed by atoms with E-state index >= 15 is 0 Å². The van der Waals surface area contributed by atoms with Gasteiger partial charge in [-0.2, -0.15) is 0 Å². The van der Waals surface area contributed by atoms with E-state index in [4.69, 9.17) is 9.84 Å². The number of carboxylic acid groups (broad SMARTS) is 1. The fraction of sp³-hybridized carbons (Fsp3) is 0.143. The molecule has 0 aliphatic rings. The lowest BCUT2D eigenvalue weighted by Crippen LogP contribution is -2.25. The van der Waals surface area contributed by atoms with Gasteiger partial charge < -0.3 is 9.84 Å². The number of hydrogen-bond donors (Lipinski definition) is 2. The number of aromatic nitrogens is 1. The van der Waals surface area contributed by atoms with Gasteiger partial charge in [-0.1, -0.05) is 0 Å². The number of aliphatic carboxylic acids is 1. The van der Waals surface area contributed by atoms with Gasteiger partial charge in [-0.3, -0.25) is 19.7 Å². The van der Waals surface area contributed by atoms with E-state index in [0.29, 0.717) is 28.3 Å². The van der Waals surface area contributed by atoms with Crippen LogP contribution in [-0.4, -0.2) is 28.8 Å². The van der Waals surface area contributed by atoms with Gasteiger partial charge in [0.25, 0.3) is 5.91 Å². The summed E-state index contributed by atoms with van der Waals surface area (Å²) >= 11 is 0. The molecule has 28 heavy (non-hydrogen) atoms. The van der Waals surface area contributed by atoms with Crippen LogP contribution in [0.3, 0.4) is 0 Å². The zero-order valence-electron chi connectivity index (χ0n) is 15.2. The van der Waals surface area contributed by atoms with Crippen LogP contribution in [0.15, 0.2) is 60.7 Å². The standard InChI is InChI=1S/C21H19FN2O4/c1-28-18-10-4-15(5-11-18)21(27)23-24-17(9-13-20(25)26)8-12-19(24)14-2-6-16(22)7-3-14/h2-8,10-12H,9,13H2,1H3,(H,23,27)(H,25,26). The van der Waals surface area contributed by atoms with E-state index in [2.05, 4.69) is 5.43 Å².